The highest BCUT2D eigenvalue weighted by atomic mass is 19.4. The van der Waals surface area contributed by atoms with Crippen LogP contribution in [0, 0.1) is 0 Å². The van der Waals surface area contributed by atoms with Crippen molar-refractivity contribution in [2.75, 3.05) is 19.1 Å². The average molecular weight is 511 g/mol. The number of halogens is 6. The minimum Gasteiger partial charge on any atom is -0.488 e. The first kappa shape index (κ1) is 26.6. The lowest BCUT2D eigenvalue weighted by molar-refractivity contribution is -0.143. The van der Waals surface area contributed by atoms with Crippen LogP contribution in [-0.2, 0) is 23.7 Å². The van der Waals surface area contributed by atoms with Crippen LogP contribution in [0.25, 0.3) is 0 Å². The number of rotatable bonds is 6. The molecule has 0 aliphatic rings. The van der Waals surface area contributed by atoms with Crippen molar-refractivity contribution in [3.05, 3.63) is 94.5 Å². The molecule has 36 heavy (non-hydrogen) atoms. The summed E-state index contributed by atoms with van der Waals surface area (Å²) >= 11 is 0. The number of carbonyl (C=O) groups excluding carboxylic acids is 2. The number of hydrogen-bond donors (Lipinski definition) is 0. The first-order chi connectivity index (χ1) is 16.8. The van der Waals surface area contributed by atoms with Crippen molar-refractivity contribution < 1.29 is 45.4 Å². The van der Waals surface area contributed by atoms with Gasteiger partial charge in [-0.25, -0.2) is 4.79 Å². The number of nitrogens with zero attached hydrogens (tertiary/aromatic N) is 1. The zero-order chi connectivity index (χ0) is 26.7. The molecule has 0 saturated carbocycles. The number of anilines is 1. The van der Waals surface area contributed by atoms with E-state index >= 15 is 0 Å². The number of methoxy groups -OCH3 is 1. The number of ether oxygens (including phenoxy) is 2. The van der Waals surface area contributed by atoms with Crippen LogP contribution < -0.4 is 9.64 Å². The summed E-state index contributed by atoms with van der Waals surface area (Å²) in [6, 6.07) is 13.3. The minimum absolute atomic E-state index is 0.00415. The van der Waals surface area contributed by atoms with Gasteiger partial charge in [0, 0.05) is 12.7 Å². The average Bonchev–Trinajstić information content (AvgIpc) is 2.85. The van der Waals surface area contributed by atoms with Gasteiger partial charge < -0.3 is 14.4 Å². The maximum Gasteiger partial charge on any atom is 0.416 e. The van der Waals surface area contributed by atoms with Crippen molar-refractivity contribution in [3.8, 4) is 5.75 Å². The van der Waals surface area contributed by atoms with Crippen LogP contribution in [0.15, 0.2) is 66.7 Å². The Bertz CT molecular complexity index is 1220. The molecule has 3 aromatic carbocycles. The monoisotopic (exact) mass is 511 g/mol. The topological polar surface area (TPSA) is 55.8 Å². The zero-order valence-electron chi connectivity index (χ0n) is 18.9. The van der Waals surface area contributed by atoms with Gasteiger partial charge in [-0.05, 0) is 42.0 Å². The second-order valence-corrected chi connectivity index (χ2v) is 7.61. The summed E-state index contributed by atoms with van der Waals surface area (Å²) in [6.45, 7) is 0.00415. The highest BCUT2D eigenvalue weighted by Crippen LogP contribution is 2.38. The van der Waals surface area contributed by atoms with Crippen molar-refractivity contribution in [2.24, 2.45) is 0 Å². The van der Waals surface area contributed by atoms with Crippen LogP contribution in [0.1, 0.15) is 37.4 Å². The molecular formula is C25H19F6NO4. The SMILES string of the molecule is COC(=O)c1ccc(OCc2ccccc2)c(C(=O)N(C)c2cc(C(F)(F)F)cc(C(F)(F)F)c2)c1. The predicted octanol–water partition coefficient (Wildman–Crippen LogP) is 6.37. The van der Waals surface area contributed by atoms with Crippen molar-refractivity contribution >= 4 is 17.6 Å². The fraction of sp³-hybridized carbons (Fsp3) is 0.200. The molecule has 0 aromatic heterocycles. The molecule has 0 heterocycles. The third kappa shape index (κ3) is 6.15. The molecule has 11 heteroatoms. The summed E-state index contributed by atoms with van der Waals surface area (Å²) < 4.78 is 90.1. The number of carbonyl (C=O) groups is 2. The van der Waals surface area contributed by atoms with Crippen LogP contribution >= 0.6 is 0 Å². The van der Waals surface area contributed by atoms with Gasteiger partial charge in [0.2, 0.25) is 0 Å². The molecule has 0 aliphatic heterocycles. The fourth-order valence-corrected chi connectivity index (χ4v) is 3.23. The Hall–Kier alpha value is -4.02. The summed E-state index contributed by atoms with van der Waals surface area (Å²) in [7, 11) is 2.13. The van der Waals surface area contributed by atoms with Crippen LogP contribution in [-0.4, -0.2) is 26.0 Å². The van der Waals surface area contributed by atoms with Crippen molar-refractivity contribution in [1.29, 1.82) is 0 Å². The molecule has 0 aliphatic carbocycles. The Morgan fingerprint density at radius 1 is 0.833 bits per heavy atom. The molecular weight excluding hydrogens is 492 g/mol. The first-order valence-electron chi connectivity index (χ1n) is 10.3. The third-order valence-electron chi connectivity index (χ3n) is 5.13. The van der Waals surface area contributed by atoms with Crippen LogP contribution in [0.2, 0.25) is 0 Å². The van der Waals surface area contributed by atoms with E-state index in [0.717, 1.165) is 25.8 Å². The highest BCUT2D eigenvalue weighted by molar-refractivity contribution is 6.09. The van der Waals surface area contributed by atoms with E-state index in [-0.39, 0.29) is 29.5 Å². The Morgan fingerprint density at radius 2 is 1.42 bits per heavy atom. The van der Waals surface area contributed by atoms with E-state index in [1.807, 2.05) is 0 Å². The van der Waals surface area contributed by atoms with Gasteiger partial charge in [0.1, 0.15) is 12.4 Å². The molecule has 5 nitrogen and oxygen atoms in total. The van der Waals surface area contributed by atoms with E-state index < -0.39 is 41.0 Å². The number of benzene rings is 3. The molecule has 0 bridgehead atoms. The number of alkyl halides is 6. The Morgan fingerprint density at radius 3 is 1.94 bits per heavy atom. The van der Waals surface area contributed by atoms with Crippen LogP contribution in [0.3, 0.4) is 0 Å². The number of amides is 1. The van der Waals surface area contributed by atoms with E-state index in [4.69, 9.17) is 4.74 Å². The maximum atomic E-state index is 13.3. The van der Waals surface area contributed by atoms with Crippen LogP contribution in [0.5, 0.6) is 5.75 Å². The Labute approximate surface area is 201 Å². The van der Waals surface area contributed by atoms with Gasteiger partial charge >= 0.3 is 18.3 Å². The summed E-state index contributed by atoms with van der Waals surface area (Å²) in [5.41, 5.74) is -3.40. The van der Waals surface area contributed by atoms with Crippen molar-refractivity contribution in [3.63, 3.8) is 0 Å². The standard InChI is InChI=1S/C25H19F6NO4/c1-32(19-12-17(24(26,27)28)11-18(13-19)25(29,30)31)22(33)20-10-16(23(34)35-2)8-9-21(20)36-14-15-6-4-3-5-7-15/h3-13H,14H2,1-2H3. The predicted molar refractivity (Wildman–Crippen MR) is 118 cm³/mol. The van der Waals surface area contributed by atoms with Crippen LogP contribution in [0.4, 0.5) is 32.0 Å². The number of hydrogen-bond acceptors (Lipinski definition) is 4. The lowest BCUT2D eigenvalue weighted by atomic mass is 10.1. The lowest BCUT2D eigenvalue weighted by Gasteiger charge is -2.22. The molecule has 3 rings (SSSR count). The molecule has 0 atom stereocenters. The summed E-state index contributed by atoms with van der Waals surface area (Å²) in [4.78, 5) is 25.9. The molecule has 1 amide bonds. The van der Waals surface area contributed by atoms with Gasteiger partial charge in [0.05, 0.1) is 29.4 Å². The number of esters is 1. The van der Waals surface area contributed by atoms with Gasteiger partial charge in [-0.15, -0.1) is 0 Å². The van der Waals surface area contributed by atoms with Gasteiger partial charge in [-0.1, -0.05) is 30.3 Å². The maximum absolute atomic E-state index is 13.3. The largest absolute Gasteiger partial charge is 0.488 e. The van der Waals surface area contributed by atoms with E-state index in [2.05, 4.69) is 4.74 Å². The summed E-state index contributed by atoms with van der Waals surface area (Å²) in [5, 5.41) is 0. The summed E-state index contributed by atoms with van der Waals surface area (Å²) in [5.74, 6) is -1.85. The summed E-state index contributed by atoms with van der Waals surface area (Å²) in [6.07, 6.45) is -10.2. The molecule has 3 aromatic rings. The van der Waals surface area contributed by atoms with Gasteiger partial charge in [-0.2, -0.15) is 26.3 Å². The van der Waals surface area contributed by atoms with Gasteiger partial charge in [0.15, 0.2) is 0 Å². The van der Waals surface area contributed by atoms with Gasteiger partial charge in [-0.3, -0.25) is 4.79 Å². The quantitative estimate of drug-likeness (QED) is 0.285. The zero-order valence-corrected chi connectivity index (χ0v) is 18.9. The van der Waals surface area contributed by atoms with Crippen molar-refractivity contribution in [1.82, 2.24) is 0 Å². The second kappa shape index (κ2) is 10.3. The second-order valence-electron chi connectivity index (χ2n) is 7.61. The molecule has 190 valence electrons. The molecule has 0 radical (unpaired) electrons. The molecule has 0 spiro atoms. The fourth-order valence-electron chi connectivity index (χ4n) is 3.23. The molecule has 0 saturated heterocycles. The van der Waals surface area contributed by atoms with E-state index in [0.29, 0.717) is 17.0 Å². The van der Waals surface area contributed by atoms with E-state index in [1.54, 1.807) is 30.3 Å². The normalized spacial score (nSPS) is 11.7. The Balaban J connectivity index is 2.05. The third-order valence-corrected chi connectivity index (χ3v) is 5.13. The van der Waals surface area contributed by atoms with Crippen molar-refractivity contribution in [2.45, 2.75) is 19.0 Å². The Kier molecular flexibility index (Phi) is 7.61. The lowest BCUT2D eigenvalue weighted by Crippen LogP contribution is -2.28. The molecule has 0 unspecified atom stereocenters. The van der Waals surface area contributed by atoms with E-state index in [1.165, 1.54) is 12.1 Å². The molecule has 0 fully saturated rings. The van der Waals surface area contributed by atoms with E-state index in [9.17, 15) is 35.9 Å². The minimum atomic E-state index is -5.09. The highest BCUT2D eigenvalue weighted by Gasteiger charge is 2.37. The molecule has 0 N–H and O–H groups in total. The first-order valence-corrected chi connectivity index (χ1v) is 10.3. The smallest absolute Gasteiger partial charge is 0.416 e. The van der Waals surface area contributed by atoms with Gasteiger partial charge in [0.25, 0.3) is 5.91 Å².